The monoisotopic (exact) mass is 238 g/mol. The Bertz CT molecular complexity index is 389. The second-order valence-corrected chi connectivity index (χ2v) is 3.71. The number of aliphatic hydroxyl groups excluding tert-OH is 1. The number of hydrogen-bond acceptors (Lipinski definition) is 4. The van der Waals surface area contributed by atoms with Gasteiger partial charge in [0.2, 0.25) is 0 Å². The second-order valence-electron chi connectivity index (χ2n) is 3.71. The highest BCUT2D eigenvalue weighted by Crippen LogP contribution is 2.19. The molecule has 0 aromatic heterocycles. The zero-order chi connectivity index (χ0) is 12.8. The number of aliphatic hydroxyl groups is 1. The molecule has 17 heavy (non-hydrogen) atoms. The highest BCUT2D eigenvalue weighted by Gasteiger charge is 2.14. The van der Waals surface area contributed by atoms with E-state index in [9.17, 15) is 4.79 Å². The number of benzene rings is 1. The summed E-state index contributed by atoms with van der Waals surface area (Å²) in [6.07, 6.45) is 0.665. The Morgan fingerprint density at radius 3 is 2.76 bits per heavy atom. The molecule has 0 unspecified atom stereocenters. The average Bonchev–Trinajstić information content (AvgIpc) is 2.35. The van der Waals surface area contributed by atoms with Crippen LogP contribution in [0.5, 0.6) is 5.75 Å². The lowest BCUT2D eigenvalue weighted by Crippen LogP contribution is -2.37. The Kier molecular flexibility index (Phi) is 4.78. The van der Waals surface area contributed by atoms with Crippen molar-refractivity contribution in [1.29, 1.82) is 0 Å². The summed E-state index contributed by atoms with van der Waals surface area (Å²) in [4.78, 5) is 11.9. The number of carbonyl (C=O) groups is 1. The van der Waals surface area contributed by atoms with Crippen LogP contribution < -0.4 is 15.8 Å². The molecule has 94 valence electrons. The van der Waals surface area contributed by atoms with Gasteiger partial charge in [-0.15, -0.1) is 0 Å². The summed E-state index contributed by atoms with van der Waals surface area (Å²) in [5.74, 6) is 0.319. The Morgan fingerprint density at radius 2 is 2.29 bits per heavy atom. The van der Waals surface area contributed by atoms with Crippen LogP contribution in [-0.2, 0) is 0 Å². The van der Waals surface area contributed by atoms with E-state index >= 15 is 0 Å². The van der Waals surface area contributed by atoms with Gasteiger partial charge in [-0.25, -0.2) is 0 Å². The van der Waals surface area contributed by atoms with E-state index in [-0.39, 0.29) is 18.6 Å². The van der Waals surface area contributed by atoms with Gasteiger partial charge in [-0.2, -0.15) is 0 Å². The van der Waals surface area contributed by atoms with Crippen LogP contribution >= 0.6 is 0 Å². The Hall–Kier alpha value is -1.75. The van der Waals surface area contributed by atoms with E-state index in [1.54, 1.807) is 18.2 Å². The SMILES string of the molecule is CC[C@H](CO)NC(=O)c1ccc(OC)cc1N. The molecule has 0 heterocycles. The van der Waals surface area contributed by atoms with Crippen LogP contribution in [0.4, 0.5) is 5.69 Å². The Morgan fingerprint density at radius 1 is 1.59 bits per heavy atom. The fourth-order valence-electron chi connectivity index (χ4n) is 1.41. The van der Waals surface area contributed by atoms with Gasteiger partial charge in [0.25, 0.3) is 5.91 Å². The number of hydrogen-bond donors (Lipinski definition) is 3. The maximum Gasteiger partial charge on any atom is 0.253 e. The number of carbonyl (C=O) groups excluding carboxylic acids is 1. The van der Waals surface area contributed by atoms with Crippen LogP contribution in [0.15, 0.2) is 18.2 Å². The molecule has 0 spiro atoms. The summed E-state index contributed by atoms with van der Waals surface area (Å²) in [6, 6.07) is 4.62. The van der Waals surface area contributed by atoms with Crippen LogP contribution in [0.25, 0.3) is 0 Å². The number of rotatable bonds is 5. The van der Waals surface area contributed by atoms with Gasteiger partial charge in [-0.3, -0.25) is 4.79 Å². The molecule has 4 N–H and O–H groups in total. The van der Waals surface area contributed by atoms with E-state index in [0.29, 0.717) is 23.4 Å². The maximum absolute atomic E-state index is 11.9. The highest BCUT2D eigenvalue weighted by atomic mass is 16.5. The fourth-order valence-corrected chi connectivity index (χ4v) is 1.41. The molecule has 1 aromatic carbocycles. The number of ether oxygens (including phenoxy) is 1. The van der Waals surface area contributed by atoms with E-state index in [1.165, 1.54) is 7.11 Å². The molecule has 0 saturated heterocycles. The Labute approximate surface area is 101 Å². The van der Waals surface area contributed by atoms with Crippen molar-refractivity contribution in [2.75, 3.05) is 19.5 Å². The molecule has 0 aliphatic rings. The summed E-state index contributed by atoms with van der Waals surface area (Å²) in [6.45, 7) is 1.80. The van der Waals surface area contributed by atoms with Crippen molar-refractivity contribution in [1.82, 2.24) is 5.32 Å². The molecule has 1 atom stereocenters. The zero-order valence-corrected chi connectivity index (χ0v) is 10.1. The highest BCUT2D eigenvalue weighted by molar-refractivity contribution is 5.99. The number of methoxy groups -OCH3 is 1. The number of nitrogens with one attached hydrogen (secondary N) is 1. The van der Waals surface area contributed by atoms with Crippen molar-refractivity contribution in [3.05, 3.63) is 23.8 Å². The van der Waals surface area contributed by atoms with Crippen LogP contribution in [-0.4, -0.2) is 30.8 Å². The molecule has 1 aromatic rings. The van der Waals surface area contributed by atoms with Gasteiger partial charge in [0.15, 0.2) is 0 Å². The third kappa shape index (κ3) is 3.35. The lowest BCUT2D eigenvalue weighted by atomic mass is 10.1. The molecule has 0 aliphatic carbocycles. The Balaban J connectivity index is 2.82. The summed E-state index contributed by atoms with van der Waals surface area (Å²) >= 11 is 0. The van der Waals surface area contributed by atoms with E-state index in [4.69, 9.17) is 15.6 Å². The average molecular weight is 238 g/mol. The minimum atomic E-state index is -0.286. The smallest absolute Gasteiger partial charge is 0.253 e. The largest absolute Gasteiger partial charge is 0.497 e. The lowest BCUT2D eigenvalue weighted by molar-refractivity contribution is 0.0916. The molecule has 5 nitrogen and oxygen atoms in total. The number of nitrogen functional groups attached to an aromatic ring is 1. The third-order valence-corrected chi connectivity index (χ3v) is 2.55. The summed E-state index contributed by atoms with van der Waals surface area (Å²) in [5.41, 5.74) is 6.50. The van der Waals surface area contributed by atoms with Gasteiger partial charge in [-0.1, -0.05) is 6.92 Å². The first-order valence-electron chi connectivity index (χ1n) is 5.47. The minimum absolute atomic E-state index is 0.0850. The van der Waals surface area contributed by atoms with Crippen LogP contribution in [0.1, 0.15) is 23.7 Å². The summed E-state index contributed by atoms with van der Waals surface area (Å²) < 4.78 is 5.00. The molecule has 5 heteroatoms. The lowest BCUT2D eigenvalue weighted by Gasteiger charge is -2.15. The number of nitrogens with two attached hydrogens (primary N) is 1. The molecule has 1 amide bonds. The minimum Gasteiger partial charge on any atom is -0.497 e. The van der Waals surface area contributed by atoms with Crippen LogP contribution in [0.2, 0.25) is 0 Å². The van der Waals surface area contributed by atoms with Gasteiger partial charge in [0.05, 0.1) is 25.3 Å². The van der Waals surface area contributed by atoms with Crippen LogP contribution in [0.3, 0.4) is 0 Å². The topological polar surface area (TPSA) is 84.6 Å². The first kappa shape index (κ1) is 13.3. The van der Waals surface area contributed by atoms with E-state index in [1.807, 2.05) is 6.92 Å². The first-order chi connectivity index (χ1) is 8.12. The van der Waals surface area contributed by atoms with Crippen molar-refractivity contribution in [3.8, 4) is 5.75 Å². The van der Waals surface area contributed by atoms with Gasteiger partial charge >= 0.3 is 0 Å². The second kappa shape index (κ2) is 6.10. The molecule has 0 saturated carbocycles. The molecule has 0 radical (unpaired) electrons. The summed E-state index contributed by atoms with van der Waals surface area (Å²) in [7, 11) is 1.54. The molecular formula is C12H18N2O3. The maximum atomic E-state index is 11.9. The number of amides is 1. The van der Waals surface area contributed by atoms with Crippen molar-refractivity contribution in [2.24, 2.45) is 0 Å². The van der Waals surface area contributed by atoms with Gasteiger partial charge in [0, 0.05) is 11.8 Å². The van der Waals surface area contributed by atoms with Gasteiger partial charge in [0.1, 0.15) is 5.75 Å². The van der Waals surface area contributed by atoms with Crippen molar-refractivity contribution >= 4 is 11.6 Å². The first-order valence-corrected chi connectivity index (χ1v) is 5.47. The van der Waals surface area contributed by atoms with E-state index < -0.39 is 0 Å². The molecule has 0 fully saturated rings. The molecule has 1 rings (SSSR count). The van der Waals surface area contributed by atoms with Crippen LogP contribution in [0, 0.1) is 0 Å². The van der Waals surface area contributed by atoms with E-state index in [2.05, 4.69) is 5.32 Å². The number of anilines is 1. The fraction of sp³-hybridized carbons (Fsp3) is 0.417. The quantitative estimate of drug-likeness (QED) is 0.662. The van der Waals surface area contributed by atoms with Crippen molar-refractivity contribution in [3.63, 3.8) is 0 Å². The predicted molar refractivity (Wildman–Crippen MR) is 66.0 cm³/mol. The summed E-state index contributed by atoms with van der Waals surface area (Å²) in [5, 5.41) is 11.7. The predicted octanol–water partition coefficient (Wildman–Crippen LogP) is 0.778. The van der Waals surface area contributed by atoms with Crippen molar-refractivity contribution < 1.29 is 14.6 Å². The molecular weight excluding hydrogens is 220 g/mol. The molecule has 0 bridgehead atoms. The van der Waals surface area contributed by atoms with E-state index in [0.717, 1.165) is 0 Å². The molecule has 0 aliphatic heterocycles. The van der Waals surface area contributed by atoms with Gasteiger partial charge in [-0.05, 0) is 18.6 Å². The standard InChI is InChI=1S/C12H18N2O3/c1-3-8(7-15)14-12(16)10-5-4-9(17-2)6-11(10)13/h4-6,8,15H,3,7,13H2,1-2H3,(H,14,16)/t8-/m1/s1. The normalized spacial score (nSPS) is 11.9. The van der Waals surface area contributed by atoms with Gasteiger partial charge < -0.3 is 20.9 Å². The third-order valence-electron chi connectivity index (χ3n) is 2.55. The zero-order valence-electron chi connectivity index (χ0n) is 10.1. The van der Waals surface area contributed by atoms with Crippen molar-refractivity contribution in [2.45, 2.75) is 19.4 Å².